The fraction of sp³-hybridized carbons (Fsp3) is 0.300. The van der Waals surface area contributed by atoms with Crippen molar-refractivity contribution in [3.05, 3.63) is 18.2 Å². The molecule has 0 spiro atoms. The largest absolute Gasteiger partial charge is 0.486 e. The molecule has 0 saturated carbocycles. The Balaban J connectivity index is 2.27. The van der Waals surface area contributed by atoms with Gasteiger partial charge in [-0.05, 0) is 12.1 Å². The van der Waals surface area contributed by atoms with Crippen LogP contribution in [0.1, 0.15) is 0 Å². The number of hydrogen-bond donors (Lipinski definition) is 1. The van der Waals surface area contributed by atoms with Crippen molar-refractivity contribution in [1.29, 1.82) is 0 Å². The van der Waals surface area contributed by atoms with E-state index in [9.17, 15) is 4.79 Å². The zero-order valence-electron chi connectivity index (χ0n) is 8.28. The van der Waals surface area contributed by atoms with E-state index < -0.39 is 6.09 Å². The molecule has 0 fully saturated rings. The lowest BCUT2D eigenvalue weighted by Gasteiger charge is -2.20. The van der Waals surface area contributed by atoms with Crippen LogP contribution in [0.5, 0.6) is 17.2 Å². The van der Waals surface area contributed by atoms with E-state index in [-0.39, 0.29) is 0 Å². The number of rotatable bonds is 1. The van der Waals surface area contributed by atoms with E-state index in [0.717, 1.165) is 0 Å². The van der Waals surface area contributed by atoms with Crippen LogP contribution in [-0.4, -0.2) is 26.4 Å². The molecule has 1 aromatic carbocycles. The molecule has 1 heterocycles. The van der Waals surface area contributed by atoms with Gasteiger partial charge in [0, 0.05) is 7.05 Å². The molecule has 0 bridgehead atoms. The molecule has 1 N–H and O–H groups in total. The molecule has 5 heteroatoms. The smallest absolute Gasteiger partial charge is 0.412 e. The minimum Gasteiger partial charge on any atom is -0.486 e. The molecule has 1 aliphatic rings. The molecular formula is C10H11NO4. The van der Waals surface area contributed by atoms with Crippen LogP contribution in [0.2, 0.25) is 0 Å². The fourth-order valence-corrected chi connectivity index (χ4v) is 1.28. The fourth-order valence-electron chi connectivity index (χ4n) is 1.28. The van der Waals surface area contributed by atoms with Crippen molar-refractivity contribution in [3.8, 4) is 17.2 Å². The summed E-state index contributed by atoms with van der Waals surface area (Å²) in [5.41, 5.74) is 0. The summed E-state index contributed by atoms with van der Waals surface area (Å²) in [6, 6.07) is 5.17. The highest BCUT2D eigenvalue weighted by molar-refractivity contribution is 5.71. The zero-order valence-corrected chi connectivity index (χ0v) is 8.28. The van der Waals surface area contributed by atoms with E-state index in [4.69, 9.17) is 14.2 Å². The average Bonchev–Trinajstić information content (AvgIpc) is 2.29. The minimum atomic E-state index is -0.530. The van der Waals surface area contributed by atoms with Crippen molar-refractivity contribution in [2.75, 3.05) is 20.3 Å². The quantitative estimate of drug-likeness (QED) is 0.754. The van der Waals surface area contributed by atoms with Gasteiger partial charge in [0.05, 0.1) is 0 Å². The third-order valence-corrected chi connectivity index (χ3v) is 1.94. The Kier molecular flexibility index (Phi) is 2.62. The van der Waals surface area contributed by atoms with Crippen molar-refractivity contribution >= 4 is 6.09 Å². The molecular weight excluding hydrogens is 198 g/mol. The average molecular weight is 209 g/mol. The van der Waals surface area contributed by atoms with E-state index in [0.29, 0.717) is 30.5 Å². The van der Waals surface area contributed by atoms with E-state index >= 15 is 0 Å². The topological polar surface area (TPSA) is 56.8 Å². The number of benzene rings is 1. The van der Waals surface area contributed by atoms with Crippen LogP contribution >= 0.6 is 0 Å². The molecule has 0 aliphatic carbocycles. The Labute approximate surface area is 86.9 Å². The van der Waals surface area contributed by atoms with Gasteiger partial charge in [0.2, 0.25) is 5.75 Å². The van der Waals surface area contributed by atoms with Crippen molar-refractivity contribution < 1.29 is 19.0 Å². The predicted octanol–water partition coefficient (Wildman–Crippen LogP) is 1.18. The van der Waals surface area contributed by atoms with Gasteiger partial charge in [-0.25, -0.2) is 4.79 Å². The number of para-hydroxylation sites is 1. The Bertz CT molecular complexity index is 378. The maximum Gasteiger partial charge on any atom is 0.412 e. The highest BCUT2D eigenvalue weighted by Gasteiger charge is 2.18. The van der Waals surface area contributed by atoms with Crippen LogP contribution in [0.3, 0.4) is 0 Å². The van der Waals surface area contributed by atoms with Gasteiger partial charge >= 0.3 is 6.09 Å². The zero-order chi connectivity index (χ0) is 10.7. The van der Waals surface area contributed by atoms with Crippen LogP contribution in [0.25, 0.3) is 0 Å². The molecule has 0 aromatic heterocycles. The summed E-state index contributed by atoms with van der Waals surface area (Å²) in [7, 11) is 1.50. The molecule has 0 atom stereocenters. The number of carbonyl (C=O) groups excluding carboxylic acids is 1. The first-order chi connectivity index (χ1) is 7.31. The lowest BCUT2D eigenvalue weighted by molar-refractivity contribution is 0.161. The molecule has 5 nitrogen and oxygen atoms in total. The van der Waals surface area contributed by atoms with Gasteiger partial charge in [0.1, 0.15) is 13.2 Å². The molecule has 0 unspecified atom stereocenters. The number of amides is 1. The van der Waals surface area contributed by atoms with Crippen LogP contribution in [-0.2, 0) is 0 Å². The van der Waals surface area contributed by atoms with Gasteiger partial charge in [-0.3, -0.25) is 0 Å². The Morgan fingerprint density at radius 3 is 3.00 bits per heavy atom. The third-order valence-electron chi connectivity index (χ3n) is 1.94. The first-order valence-corrected chi connectivity index (χ1v) is 4.59. The Morgan fingerprint density at radius 1 is 1.40 bits per heavy atom. The maximum absolute atomic E-state index is 11.0. The highest BCUT2D eigenvalue weighted by Crippen LogP contribution is 2.38. The van der Waals surface area contributed by atoms with Crippen LogP contribution in [0.15, 0.2) is 18.2 Å². The summed E-state index contributed by atoms with van der Waals surface area (Å²) >= 11 is 0. The summed E-state index contributed by atoms with van der Waals surface area (Å²) in [5, 5.41) is 2.36. The molecule has 80 valence electrons. The molecule has 1 aliphatic heterocycles. The van der Waals surface area contributed by atoms with Crippen LogP contribution < -0.4 is 19.5 Å². The number of fused-ring (bicyclic) bond motifs is 1. The van der Waals surface area contributed by atoms with Gasteiger partial charge in [0.15, 0.2) is 11.5 Å². The molecule has 15 heavy (non-hydrogen) atoms. The maximum atomic E-state index is 11.0. The van der Waals surface area contributed by atoms with E-state index in [2.05, 4.69) is 5.32 Å². The van der Waals surface area contributed by atoms with Gasteiger partial charge in [-0.15, -0.1) is 0 Å². The SMILES string of the molecule is CNC(=O)Oc1cccc2c1OCCO2. The van der Waals surface area contributed by atoms with Crippen molar-refractivity contribution in [2.45, 2.75) is 0 Å². The van der Waals surface area contributed by atoms with Crippen molar-refractivity contribution in [3.63, 3.8) is 0 Å². The Hall–Kier alpha value is -1.91. The van der Waals surface area contributed by atoms with Crippen LogP contribution in [0, 0.1) is 0 Å². The lowest BCUT2D eigenvalue weighted by Crippen LogP contribution is -2.23. The van der Waals surface area contributed by atoms with Gasteiger partial charge in [-0.1, -0.05) is 6.07 Å². The van der Waals surface area contributed by atoms with E-state index in [1.807, 2.05) is 0 Å². The van der Waals surface area contributed by atoms with Gasteiger partial charge in [-0.2, -0.15) is 0 Å². The number of ether oxygens (including phenoxy) is 3. The molecule has 1 amide bonds. The van der Waals surface area contributed by atoms with Crippen molar-refractivity contribution in [2.24, 2.45) is 0 Å². The highest BCUT2D eigenvalue weighted by atomic mass is 16.6. The summed E-state index contributed by atoms with van der Waals surface area (Å²) < 4.78 is 15.7. The second-order valence-corrected chi connectivity index (χ2v) is 2.92. The van der Waals surface area contributed by atoms with Crippen LogP contribution in [0.4, 0.5) is 4.79 Å². The second kappa shape index (κ2) is 4.08. The van der Waals surface area contributed by atoms with Gasteiger partial charge in [0.25, 0.3) is 0 Å². The Morgan fingerprint density at radius 2 is 2.20 bits per heavy atom. The summed E-state index contributed by atoms with van der Waals surface area (Å²) in [5.74, 6) is 1.45. The minimum absolute atomic E-state index is 0.367. The standard InChI is InChI=1S/C10H11NO4/c1-11-10(12)15-8-4-2-3-7-9(8)14-6-5-13-7/h2-4H,5-6H2,1H3,(H,11,12). The normalized spacial score (nSPS) is 13.1. The monoisotopic (exact) mass is 209 g/mol. The van der Waals surface area contributed by atoms with Crippen molar-refractivity contribution in [1.82, 2.24) is 5.32 Å². The number of carbonyl (C=O) groups is 1. The first kappa shape index (κ1) is 9.64. The van der Waals surface area contributed by atoms with Gasteiger partial charge < -0.3 is 19.5 Å². The molecule has 2 rings (SSSR count). The second-order valence-electron chi connectivity index (χ2n) is 2.92. The van der Waals surface area contributed by atoms with E-state index in [1.54, 1.807) is 18.2 Å². The molecule has 0 radical (unpaired) electrons. The summed E-state index contributed by atoms with van der Waals surface area (Å²) in [6.07, 6.45) is -0.530. The predicted molar refractivity (Wildman–Crippen MR) is 52.5 cm³/mol. The molecule has 0 saturated heterocycles. The first-order valence-electron chi connectivity index (χ1n) is 4.59. The molecule has 1 aromatic rings. The number of hydrogen-bond acceptors (Lipinski definition) is 4. The third kappa shape index (κ3) is 1.96. The lowest BCUT2D eigenvalue weighted by atomic mass is 10.3. The summed E-state index contributed by atoms with van der Waals surface area (Å²) in [4.78, 5) is 11.0. The summed E-state index contributed by atoms with van der Waals surface area (Å²) in [6.45, 7) is 0.970. The van der Waals surface area contributed by atoms with E-state index in [1.165, 1.54) is 7.05 Å². The number of nitrogens with one attached hydrogen (secondary N) is 1.